The van der Waals surface area contributed by atoms with Crippen LogP contribution >= 0.6 is 7.82 Å². The number of quaternary nitrogens is 1. The first-order valence-corrected chi connectivity index (χ1v) is 14.1. The van der Waals surface area contributed by atoms with E-state index < -0.39 is 32.5 Å². The zero-order valence-electron chi connectivity index (χ0n) is 22.0. The molecule has 0 aliphatic carbocycles. The van der Waals surface area contributed by atoms with Crippen molar-refractivity contribution in [1.82, 2.24) is 0 Å². The second kappa shape index (κ2) is 19.9. The van der Waals surface area contributed by atoms with Gasteiger partial charge in [-0.1, -0.05) is 44.9 Å². The molecule has 0 aliphatic heterocycles. The summed E-state index contributed by atoms with van der Waals surface area (Å²) in [5.41, 5.74) is 0. The molecule has 10 heteroatoms. The van der Waals surface area contributed by atoms with Crippen molar-refractivity contribution in [2.45, 2.75) is 83.2 Å². The predicted molar refractivity (Wildman–Crippen MR) is 135 cm³/mol. The summed E-state index contributed by atoms with van der Waals surface area (Å²) in [5, 5.41) is 0. The lowest BCUT2D eigenvalue weighted by molar-refractivity contribution is -0.870. The summed E-state index contributed by atoms with van der Waals surface area (Å²) in [5.74, 6) is -0.893. The fraction of sp³-hybridized carbons (Fsp3) is 0.800. The van der Waals surface area contributed by atoms with Crippen molar-refractivity contribution in [2.24, 2.45) is 0 Å². The van der Waals surface area contributed by atoms with Crippen LogP contribution in [0.4, 0.5) is 0 Å². The zero-order chi connectivity index (χ0) is 26.6. The molecule has 206 valence electrons. The van der Waals surface area contributed by atoms with Crippen molar-refractivity contribution < 1.29 is 42.1 Å². The summed E-state index contributed by atoms with van der Waals surface area (Å²) in [6, 6.07) is 0. The van der Waals surface area contributed by atoms with Crippen LogP contribution in [0.2, 0.25) is 0 Å². The number of hydrogen-bond donors (Lipinski definition) is 1. The normalized spacial score (nSPS) is 14.2. The van der Waals surface area contributed by atoms with Gasteiger partial charge in [0.25, 0.3) is 0 Å². The molecule has 0 aliphatic rings. The molecule has 0 spiro atoms. The Kier molecular flexibility index (Phi) is 19.2. The number of phosphoric acid groups is 1. The molecule has 0 saturated carbocycles. The average molecular weight is 521 g/mol. The van der Waals surface area contributed by atoms with Crippen LogP contribution < -0.4 is 0 Å². The highest BCUT2D eigenvalue weighted by molar-refractivity contribution is 7.47. The summed E-state index contributed by atoms with van der Waals surface area (Å²) in [6.45, 7) is 8.97. The molecular weight excluding hydrogens is 473 g/mol. The second-order valence-corrected chi connectivity index (χ2v) is 11.1. The van der Waals surface area contributed by atoms with Crippen LogP contribution in [-0.4, -0.2) is 74.9 Å². The van der Waals surface area contributed by atoms with Crippen LogP contribution in [0.1, 0.15) is 77.0 Å². The number of hydrogen-bond acceptors (Lipinski definition) is 7. The highest BCUT2D eigenvalue weighted by atomic mass is 31.2. The quantitative estimate of drug-likeness (QED) is 0.0674. The topological polar surface area (TPSA) is 108 Å². The van der Waals surface area contributed by atoms with Crippen LogP contribution in [0.3, 0.4) is 0 Å². The highest BCUT2D eigenvalue weighted by Crippen LogP contribution is 2.43. The maximum Gasteiger partial charge on any atom is 0.472 e. The van der Waals surface area contributed by atoms with Crippen molar-refractivity contribution in [3.05, 3.63) is 19.6 Å². The molecule has 0 radical (unpaired) electrons. The summed E-state index contributed by atoms with van der Waals surface area (Å²) >= 11 is 0. The summed E-state index contributed by atoms with van der Waals surface area (Å²) in [7, 11) is 1.43. The minimum Gasteiger partial charge on any atom is -0.518 e. The van der Waals surface area contributed by atoms with Gasteiger partial charge in [-0.25, -0.2) is 4.57 Å². The smallest absolute Gasteiger partial charge is 0.472 e. The van der Waals surface area contributed by atoms with Crippen LogP contribution in [0.5, 0.6) is 0 Å². The molecule has 0 saturated heterocycles. The largest absolute Gasteiger partial charge is 0.518 e. The van der Waals surface area contributed by atoms with Crippen LogP contribution in [0.25, 0.3) is 0 Å². The number of carbonyl (C=O) groups excluding carboxylic acids is 2. The number of unbranched alkanes of at least 4 members (excludes halogenated alkanes) is 8. The molecule has 0 bridgehead atoms. The molecule has 0 aromatic rings. The first kappa shape index (κ1) is 33.8. The lowest BCUT2D eigenvalue weighted by Crippen LogP contribution is -2.37. The Morgan fingerprint density at radius 1 is 0.943 bits per heavy atom. The van der Waals surface area contributed by atoms with Crippen molar-refractivity contribution in [3.8, 4) is 0 Å². The van der Waals surface area contributed by atoms with Gasteiger partial charge in [-0.2, -0.15) is 6.42 Å². The van der Waals surface area contributed by atoms with Gasteiger partial charge in [0.2, 0.25) is 0 Å². The second-order valence-electron chi connectivity index (χ2n) is 9.61. The van der Waals surface area contributed by atoms with Crippen LogP contribution in [0, 0.1) is 13.5 Å². The van der Waals surface area contributed by atoms with E-state index >= 15 is 0 Å². The van der Waals surface area contributed by atoms with E-state index in [0.717, 1.165) is 51.4 Å². The van der Waals surface area contributed by atoms with Gasteiger partial charge in [-0.15, -0.1) is 0 Å². The Morgan fingerprint density at radius 3 is 2.17 bits per heavy atom. The molecule has 1 N–H and O–H groups in total. The van der Waals surface area contributed by atoms with Gasteiger partial charge in [0.05, 0.1) is 27.7 Å². The van der Waals surface area contributed by atoms with E-state index in [9.17, 15) is 19.0 Å². The van der Waals surface area contributed by atoms with Crippen molar-refractivity contribution >= 4 is 19.8 Å². The number of rotatable bonds is 23. The highest BCUT2D eigenvalue weighted by Gasteiger charge is 2.27. The minimum atomic E-state index is -4.35. The van der Waals surface area contributed by atoms with E-state index in [-0.39, 0.29) is 26.1 Å². The summed E-state index contributed by atoms with van der Waals surface area (Å²) in [6.07, 6.45) is 9.91. The minimum absolute atomic E-state index is 0.0211. The standard InChI is InChI=1S/C25H47NO8P/c1-6-8-10-12-13-14-16-18-25(28)34-23(21-31-24(27)17-15-11-9-7-2)22-33-35(29,30)32-20-19-26(3,4)5/h1,6,23H,2,7-22H2,3-5H3,(H,29,30)/q-1/t23-/m1/s1. The predicted octanol–water partition coefficient (Wildman–Crippen LogP) is 4.79. The lowest BCUT2D eigenvalue weighted by atomic mass is 10.1. The molecule has 0 aromatic carbocycles. The Morgan fingerprint density at radius 2 is 1.54 bits per heavy atom. The first-order valence-electron chi connectivity index (χ1n) is 12.6. The number of carbonyl (C=O) groups is 2. The van der Waals surface area contributed by atoms with Gasteiger partial charge in [0.15, 0.2) is 6.10 Å². The molecular formula is C25H47NO8P-. The van der Waals surface area contributed by atoms with Gasteiger partial charge in [-0.3, -0.25) is 24.7 Å². The van der Waals surface area contributed by atoms with Gasteiger partial charge < -0.3 is 32.4 Å². The Hall–Kier alpha value is -1.25. The Bertz CT molecular complexity index is 635. The molecule has 0 aromatic heterocycles. The SMILES string of the molecule is [CH-]=CCCCCCCCC(=O)O[C@H](COC(=O)CCCCC[CH2-])COP(=O)(O)OCC[N+](C)(C)C. The van der Waals surface area contributed by atoms with Gasteiger partial charge in [-0.05, 0) is 12.8 Å². The lowest BCUT2D eigenvalue weighted by Gasteiger charge is -2.24. The number of esters is 2. The fourth-order valence-corrected chi connectivity index (χ4v) is 3.69. The maximum atomic E-state index is 12.3. The van der Waals surface area contributed by atoms with E-state index in [4.69, 9.17) is 25.1 Å². The number of nitrogens with zero attached hydrogens (tertiary/aromatic N) is 1. The van der Waals surface area contributed by atoms with Gasteiger partial charge in [0, 0.05) is 12.8 Å². The molecule has 0 heterocycles. The first-order chi connectivity index (χ1) is 16.5. The summed E-state index contributed by atoms with van der Waals surface area (Å²) < 4.78 is 33.4. The van der Waals surface area contributed by atoms with E-state index in [1.54, 1.807) is 6.08 Å². The van der Waals surface area contributed by atoms with Gasteiger partial charge >= 0.3 is 19.8 Å². The van der Waals surface area contributed by atoms with E-state index in [1.165, 1.54) is 0 Å². The molecule has 0 fully saturated rings. The fourth-order valence-electron chi connectivity index (χ4n) is 2.95. The number of ether oxygens (including phenoxy) is 2. The molecule has 9 nitrogen and oxygen atoms in total. The van der Waals surface area contributed by atoms with Crippen molar-refractivity contribution in [3.63, 3.8) is 0 Å². The third kappa shape index (κ3) is 22.9. The molecule has 2 atom stereocenters. The van der Waals surface area contributed by atoms with Gasteiger partial charge in [0.1, 0.15) is 19.8 Å². The Labute approximate surface area is 212 Å². The number of allylic oxidation sites excluding steroid dienone is 1. The van der Waals surface area contributed by atoms with E-state index in [1.807, 2.05) is 21.1 Å². The molecule has 0 amide bonds. The van der Waals surface area contributed by atoms with Crippen LogP contribution in [-0.2, 0) is 32.7 Å². The molecule has 0 rings (SSSR count). The summed E-state index contributed by atoms with van der Waals surface area (Å²) in [4.78, 5) is 34.2. The maximum absolute atomic E-state index is 12.3. The number of phosphoric ester groups is 1. The molecule has 1 unspecified atom stereocenters. The van der Waals surface area contributed by atoms with E-state index in [2.05, 4.69) is 6.92 Å². The monoisotopic (exact) mass is 520 g/mol. The number of likely N-dealkylation sites (N-methyl/N-ethyl adjacent to an activating group) is 1. The third-order valence-electron chi connectivity index (χ3n) is 5.05. The van der Waals surface area contributed by atoms with Crippen molar-refractivity contribution in [1.29, 1.82) is 0 Å². The zero-order valence-corrected chi connectivity index (χ0v) is 22.8. The average Bonchev–Trinajstić information content (AvgIpc) is 2.77. The third-order valence-corrected chi connectivity index (χ3v) is 6.04. The van der Waals surface area contributed by atoms with E-state index in [0.29, 0.717) is 23.9 Å². The van der Waals surface area contributed by atoms with Crippen molar-refractivity contribution in [2.75, 3.05) is 47.5 Å². The van der Waals surface area contributed by atoms with Crippen LogP contribution in [0.15, 0.2) is 6.08 Å². The molecule has 35 heavy (non-hydrogen) atoms. The Balaban J connectivity index is 4.61.